The van der Waals surface area contributed by atoms with E-state index in [-0.39, 0.29) is 37.3 Å². The van der Waals surface area contributed by atoms with E-state index in [9.17, 15) is 19.5 Å². The van der Waals surface area contributed by atoms with Gasteiger partial charge >= 0.3 is 11.9 Å². The number of aliphatic hydroxyl groups is 1. The second-order valence-corrected chi connectivity index (χ2v) is 8.95. The van der Waals surface area contributed by atoms with Crippen LogP contribution in [-0.2, 0) is 44.2 Å². The lowest BCUT2D eigenvalue weighted by Gasteiger charge is -2.31. The van der Waals surface area contributed by atoms with Crippen LogP contribution < -0.4 is 10.3 Å². The maximum atomic E-state index is 13.3. The zero-order chi connectivity index (χ0) is 23.8. The van der Waals surface area contributed by atoms with Gasteiger partial charge < -0.3 is 23.9 Å². The molecule has 0 bridgehead atoms. The molecule has 6 rings (SSSR count). The summed E-state index contributed by atoms with van der Waals surface area (Å²) in [6.45, 7) is 3.40. The number of carbonyl (C=O) groups excluding carboxylic acids is 2. The molecular weight excluding hydrogens is 440 g/mol. The summed E-state index contributed by atoms with van der Waals surface area (Å²) in [6.07, 6.45) is 0.430. The number of rotatable bonds is 3. The van der Waals surface area contributed by atoms with Gasteiger partial charge in [0.2, 0.25) is 0 Å². The van der Waals surface area contributed by atoms with E-state index < -0.39 is 11.6 Å². The van der Waals surface area contributed by atoms with Crippen LogP contribution in [-0.4, -0.2) is 39.3 Å². The zero-order valence-corrected chi connectivity index (χ0v) is 18.7. The number of esters is 2. The number of hydrogen-bond acceptors (Lipinski definition) is 8. The number of aromatic nitrogens is 2. The molecule has 3 aliphatic rings. The van der Waals surface area contributed by atoms with Gasteiger partial charge in [0.15, 0.2) is 5.60 Å². The highest BCUT2D eigenvalue weighted by atomic mass is 16.6. The molecule has 2 aromatic heterocycles. The Morgan fingerprint density at radius 2 is 2.12 bits per heavy atom. The van der Waals surface area contributed by atoms with E-state index in [4.69, 9.17) is 19.2 Å². The number of pyridine rings is 2. The van der Waals surface area contributed by atoms with Crippen LogP contribution in [0.4, 0.5) is 0 Å². The van der Waals surface area contributed by atoms with Gasteiger partial charge in [0.05, 0.1) is 29.0 Å². The average molecular weight is 462 g/mol. The first kappa shape index (κ1) is 20.9. The van der Waals surface area contributed by atoms with Crippen molar-refractivity contribution < 1.29 is 28.9 Å². The second kappa shape index (κ2) is 7.14. The molecule has 0 saturated carbocycles. The molecule has 0 radical (unpaired) electrons. The van der Waals surface area contributed by atoms with Gasteiger partial charge in [-0.05, 0) is 30.7 Å². The Morgan fingerprint density at radius 1 is 1.29 bits per heavy atom. The molecule has 34 heavy (non-hydrogen) atoms. The number of carbonyl (C=O) groups is 2. The van der Waals surface area contributed by atoms with Crippen molar-refractivity contribution in [1.82, 2.24) is 9.55 Å². The first-order valence-electron chi connectivity index (χ1n) is 11.2. The molecular formula is C25H22N2O7. The fraction of sp³-hybridized carbons (Fsp3) is 0.360. The molecule has 0 aliphatic carbocycles. The number of fused-ring (bicyclic) bond motifs is 7. The molecule has 0 amide bonds. The molecule has 0 fully saturated rings. The molecule has 5 heterocycles. The van der Waals surface area contributed by atoms with Crippen molar-refractivity contribution >= 4 is 22.8 Å². The fourth-order valence-corrected chi connectivity index (χ4v) is 5.16. The first-order chi connectivity index (χ1) is 16.3. The lowest BCUT2D eigenvalue weighted by molar-refractivity contribution is -0.172. The Morgan fingerprint density at radius 3 is 2.88 bits per heavy atom. The van der Waals surface area contributed by atoms with Crippen molar-refractivity contribution in [3.05, 3.63) is 56.9 Å². The van der Waals surface area contributed by atoms with Crippen molar-refractivity contribution in [2.24, 2.45) is 0 Å². The molecule has 1 unspecified atom stereocenters. The maximum absolute atomic E-state index is 13.3. The predicted octanol–water partition coefficient (Wildman–Crippen LogP) is 1.95. The van der Waals surface area contributed by atoms with Gasteiger partial charge in [-0.1, -0.05) is 6.92 Å². The van der Waals surface area contributed by atoms with Crippen molar-refractivity contribution in [3.8, 4) is 17.1 Å². The highest BCUT2D eigenvalue weighted by molar-refractivity contribution is 5.89. The smallest absolute Gasteiger partial charge is 0.343 e. The van der Waals surface area contributed by atoms with Crippen LogP contribution >= 0.6 is 0 Å². The molecule has 1 aromatic carbocycles. The summed E-state index contributed by atoms with van der Waals surface area (Å²) in [6, 6.07) is 7.44. The molecule has 1 N–H and O–H groups in total. The maximum Gasteiger partial charge on any atom is 0.343 e. The Balaban J connectivity index is 1.46. The van der Waals surface area contributed by atoms with E-state index in [2.05, 4.69) is 0 Å². The summed E-state index contributed by atoms with van der Waals surface area (Å²) in [5.74, 6) is -0.356. The van der Waals surface area contributed by atoms with Crippen LogP contribution in [0.5, 0.6) is 5.75 Å². The van der Waals surface area contributed by atoms with E-state index in [0.717, 1.165) is 27.8 Å². The molecule has 3 aliphatic heterocycles. The summed E-state index contributed by atoms with van der Waals surface area (Å²) in [7, 11) is 0. The van der Waals surface area contributed by atoms with Crippen LogP contribution in [0.1, 0.15) is 42.5 Å². The van der Waals surface area contributed by atoms with Crippen molar-refractivity contribution in [3.63, 3.8) is 0 Å². The van der Waals surface area contributed by atoms with Gasteiger partial charge in [-0.2, -0.15) is 0 Å². The van der Waals surface area contributed by atoms with Crippen LogP contribution in [0, 0.1) is 0 Å². The quantitative estimate of drug-likeness (QED) is 0.459. The summed E-state index contributed by atoms with van der Waals surface area (Å²) in [5.41, 5.74) is 2.30. The van der Waals surface area contributed by atoms with E-state index in [1.165, 1.54) is 6.92 Å². The number of hydrogen-bond donors (Lipinski definition) is 1. The Bertz CT molecular complexity index is 1470. The summed E-state index contributed by atoms with van der Waals surface area (Å²) in [5, 5.41) is 11.9. The van der Waals surface area contributed by atoms with Crippen LogP contribution in [0.2, 0.25) is 0 Å². The van der Waals surface area contributed by atoms with E-state index in [0.29, 0.717) is 35.5 Å². The molecule has 0 spiro atoms. The normalized spacial score (nSPS) is 21.9. The van der Waals surface area contributed by atoms with Gasteiger partial charge in [0.25, 0.3) is 5.56 Å². The van der Waals surface area contributed by atoms with Crippen LogP contribution in [0.3, 0.4) is 0 Å². The third-order valence-electron chi connectivity index (χ3n) is 6.96. The number of ether oxygens (including phenoxy) is 3. The minimum atomic E-state index is -1.85. The predicted molar refractivity (Wildman–Crippen MR) is 119 cm³/mol. The van der Waals surface area contributed by atoms with Gasteiger partial charge in [-0.25, -0.2) is 9.78 Å². The first-order valence-corrected chi connectivity index (χ1v) is 11.2. The highest BCUT2D eigenvalue weighted by Gasteiger charge is 2.45. The Kier molecular flexibility index (Phi) is 4.38. The summed E-state index contributed by atoms with van der Waals surface area (Å²) >= 11 is 0. The largest absolute Gasteiger partial charge is 0.486 e. The highest BCUT2D eigenvalue weighted by Crippen LogP contribution is 2.41. The van der Waals surface area contributed by atoms with Crippen LogP contribution in [0.25, 0.3) is 22.3 Å². The van der Waals surface area contributed by atoms with Gasteiger partial charge in [0, 0.05) is 35.4 Å². The lowest BCUT2D eigenvalue weighted by Crippen LogP contribution is -2.44. The third-order valence-corrected chi connectivity index (χ3v) is 6.96. The molecule has 9 heteroatoms. The lowest BCUT2D eigenvalue weighted by atomic mass is 9.86. The minimum absolute atomic E-state index is 0.0976. The molecule has 9 nitrogen and oxygen atoms in total. The summed E-state index contributed by atoms with van der Waals surface area (Å²) in [4.78, 5) is 41.7. The second-order valence-electron chi connectivity index (χ2n) is 8.95. The zero-order valence-electron chi connectivity index (χ0n) is 18.7. The van der Waals surface area contributed by atoms with Gasteiger partial charge in [-0.15, -0.1) is 0 Å². The SMILES string of the molecule is CC[C@@]1(O)C(=O)OCc2c1cc1n(c2=O)Cc2cc3c4c(ccc3nc2-1)OC(COC(C)=O)C4. The number of nitrogens with zero attached hydrogens (tertiary/aromatic N) is 2. The fourth-order valence-electron chi connectivity index (χ4n) is 5.16. The molecule has 2 atom stereocenters. The molecule has 0 saturated heterocycles. The van der Waals surface area contributed by atoms with Gasteiger partial charge in [0.1, 0.15) is 25.1 Å². The van der Waals surface area contributed by atoms with Gasteiger partial charge in [-0.3, -0.25) is 9.59 Å². The van der Waals surface area contributed by atoms with E-state index >= 15 is 0 Å². The summed E-state index contributed by atoms with van der Waals surface area (Å²) < 4.78 is 17.8. The third kappa shape index (κ3) is 2.83. The van der Waals surface area contributed by atoms with E-state index in [1.54, 1.807) is 17.6 Å². The molecule has 174 valence electrons. The molecule has 3 aromatic rings. The Labute approximate surface area is 193 Å². The van der Waals surface area contributed by atoms with Crippen molar-refractivity contribution in [2.45, 2.75) is 51.5 Å². The number of benzene rings is 1. The monoisotopic (exact) mass is 462 g/mol. The van der Waals surface area contributed by atoms with E-state index in [1.807, 2.05) is 18.2 Å². The Hall–Kier alpha value is -3.72. The number of cyclic esters (lactones) is 1. The van der Waals surface area contributed by atoms with Crippen molar-refractivity contribution in [2.75, 3.05) is 6.61 Å². The van der Waals surface area contributed by atoms with Crippen LogP contribution in [0.15, 0.2) is 29.1 Å². The average Bonchev–Trinajstić information content (AvgIpc) is 3.40. The standard InChI is InChI=1S/C25H22N2O7/c1-3-25(31)18-8-20-22-13(9-27(20)23(29)17(18)11-33-24(25)30)6-15-16-7-14(10-32-12(2)28)34-21(16)5-4-19(15)26-22/h4-6,8,14,31H,3,7,9-11H2,1-2H3/t14?,25-/m0/s1. The van der Waals surface area contributed by atoms with Crippen molar-refractivity contribution in [1.29, 1.82) is 0 Å². The topological polar surface area (TPSA) is 117 Å². The minimum Gasteiger partial charge on any atom is -0.486 e.